The van der Waals surface area contributed by atoms with Crippen LogP contribution < -0.4 is 0 Å². The molecule has 0 fully saturated rings. The molecule has 0 radical (unpaired) electrons. The average Bonchev–Trinajstić information content (AvgIpc) is 2.09. The lowest BCUT2D eigenvalue weighted by Crippen LogP contribution is -1.83. The largest absolute Gasteiger partial charge is 0.145 e. The smallest absolute Gasteiger partial charge is 0.111 e. The minimum absolute atomic E-state index is 0.570. The van der Waals surface area contributed by atoms with Gasteiger partial charge in [0.15, 0.2) is 0 Å². The first kappa shape index (κ1) is 8.91. The number of nitroso groups, excluding NO2 is 1. The van der Waals surface area contributed by atoms with Crippen molar-refractivity contribution in [1.82, 2.24) is 0 Å². The van der Waals surface area contributed by atoms with Crippen LogP contribution >= 0.6 is 0 Å². The van der Waals surface area contributed by atoms with E-state index in [1.165, 1.54) is 5.56 Å². The van der Waals surface area contributed by atoms with Gasteiger partial charge in [0.05, 0.1) is 0 Å². The van der Waals surface area contributed by atoms with Crippen molar-refractivity contribution in [1.29, 1.82) is 0 Å². The molecule has 12 heavy (non-hydrogen) atoms. The highest BCUT2D eigenvalue weighted by molar-refractivity contribution is 5.47. The van der Waals surface area contributed by atoms with Crippen molar-refractivity contribution < 1.29 is 0 Å². The molecule has 64 valence electrons. The summed E-state index contributed by atoms with van der Waals surface area (Å²) in [5.74, 6) is 0. The summed E-state index contributed by atoms with van der Waals surface area (Å²) in [6.07, 6.45) is 2.12. The van der Waals surface area contributed by atoms with Crippen LogP contribution in [-0.2, 0) is 6.42 Å². The number of nitrogens with zero attached hydrogens (tertiary/aromatic N) is 1. The molecule has 0 saturated heterocycles. The van der Waals surface area contributed by atoms with E-state index in [0.29, 0.717) is 5.69 Å². The van der Waals surface area contributed by atoms with E-state index in [1.54, 1.807) is 0 Å². The Morgan fingerprint density at radius 2 is 2.17 bits per heavy atom. The lowest BCUT2D eigenvalue weighted by atomic mass is 10.1. The maximum absolute atomic E-state index is 10.3. The second-order valence-electron chi connectivity index (χ2n) is 2.96. The number of rotatable bonds is 3. The predicted octanol–water partition coefficient (Wildman–Crippen LogP) is 3.35. The second-order valence-corrected chi connectivity index (χ2v) is 2.96. The summed E-state index contributed by atoms with van der Waals surface area (Å²) >= 11 is 0. The van der Waals surface area contributed by atoms with Gasteiger partial charge in [-0.05, 0) is 35.7 Å². The van der Waals surface area contributed by atoms with Gasteiger partial charge in [-0.25, -0.2) is 0 Å². The quantitative estimate of drug-likeness (QED) is 0.628. The number of benzene rings is 1. The fourth-order valence-corrected chi connectivity index (χ4v) is 1.20. The monoisotopic (exact) mass is 163 g/mol. The fraction of sp³-hybridized carbons (Fsp3) is 0.400. The summed E-state index contributed by atoms with van der Waals surface area (Å²) in [7, 11) is 0. The molecule has 0 heterocycles. The van der Waals surface area contributed by atoms with E-state index < -0.39 is 0 Å². The fourth-order valence-electron chi connectivity index (χ4n) is 1.20. The van der Waals surface area contributed by atoms with Crippen LogP contribution in [0.2, 0.25) is 0 Å². The predicted molar refractivity (Wildman–Crippen MR) is 50.6 cm³/mol. The summed E-state index contributed by atoms with van der Waals surface area (Å²) in [6, 6.07) is 5.86. The number of hydrogen-bond donors (Lipinski definition) is 0. The molecule has 0 bridgehead atoms. The van der Waals surface area contributed by atoms with Gasteiger partial charge in [-0.3, -0.25) is 0 Å². The molecule has 0 unspecified atom stereocenters. The van der Waals surface area contributed by atoms with E-state index >= 15 is 0 Å². The number of aryl methyl sites for hydroxylation is 2. The molecule has 0 spiro atoms. The lowest BCUT2D eigenvalue weighted by molar-refractivity contribution is 0.921. The Balaban J connectivity index is 2.96. The van der Waals surface area contributed by atoms with Gasteiger partial charge in [0.2, 0.25) is 0 Å². The van der Waals surface area contributed by atoms with Crippen molar-refractivity contribution >= 4 is 5.69 Å². The Kier molecular flexibility index (Phi) is 2.97. The molecule has 2 heteroatoms. The Hall–Kier alpha value is -1.18. The molecule has 1 aromatic rings. The van der Waals surface area contributed by atoms with Crippen molar-refractivity contribution in [3.63, 3.8) is 0 Å². The van der Waals surface area contributed by atoms with Gasteiger partial charge in [-0.1, -0.05) is 25.5 Å². The Morgan fingerprint density at radius 1 is 1.42 bits per heavy atom. The third-order valence-electron chi connectivity index (χ3n) is 1.91. The molecule has 0 saturated carbocycles. The Bertz CT molecular complexity index is 281. The molecule has 2 nitrogen and oxygen atoms in total. The van der Waals surface area contributed by atoms with Crippen molar-refractivity contribution in [2.75, 3.05) is 0 Å². The minimum atomic E-state index is 0.570. The molecular formula is C10H13NO. The van der Waals surface area contributed by atoms with Crippen molar-refractivity contribution in [2.45, 2.75) is 26.7 Å². The molecule has 0 aliphatic heterocycles. The molecule has 1 rings (SSSR count). The van der Waals surface area contributed by atoms with Gasteiger partial charge in [-0.15, -0.1) is 4.91 Å². The van der Waals surface area contributed by atoms with E-state index in [-0.39, 0.29) is 0 Å². The maximum atomic E-state index is 10.3. The van der Waals surface area contributed by atoms with Crippen molar-refractivity contribution in [2.24, 2.45) is 5.18 Å². The highest BCUT2D eigenvalue weighted by Crippen LogP contribution is 2.20. The van der Waals surface area contributed by atoms with Gasteiger partial charge in [0, 0.05) is 0 Å². The van der Waals surface area contributed by atoms with Crippen LogP contribution in [0.1, 0.15) is 24.5 Å². The zero-order valence-electron chi connectivity index (χ0n) is 7.50. The summed E-state index contributed by atoms with van der Waals surface area (Å²) in [5.41, 5.74) is 2.71. The van der Waals surface area contributed by atoms with Gasteiger partial charge in [0.25, 0.3) is 0 Å². The molecular weight excluding hydrogens is 150 g/mol. The summed E-state index contributed by atoms with van der Waals surface area (Å²) in [4.78, 5) is 10.3. The normalized spacial score (nSPS) is 9.83. The summed E-state index contributed by atoms with van der Waals surface area (Å²) in [6.45, 7) is 4.01. The van der Waals surface area contributed by atoms with E-state index in [2.05, 4.69) is 12.1 Å². The third-order valence-corrected chi connectivity index (χ3v) is 1.91. The first-order valence-electron chi connectivity index (χ1n) is 4.20. The van der Waals surface area contributed by atoms with Crippen molar-refractivity contribution in [3.8, 4) is 0 Å². The second kappa shape index (κ2) is 4.00. The van der Waals surface area contributed by atoms with E-state index in [4.69, 9.17) is 0 Å². The average molecular weight is 163 g/mol. The first-order valence-corrected chi connectivity index (χ1v) is 4.20. The van der Waals surface area contributed by atoms with Crippen LogP contribution in [-0.4, -0.2) is 0 Å². The topological polar surface area (TPSA) is 29.4 Å². The van der Waals surface area contributed by atoms with E-state index in [0.717, 1.165) is 18.4 Å². The molecule has 0 aliphatic rings. The number of hydrogen-bond acceptors (Lipinski definition) is 2. The van der Waals surface area contributed by atoms with E-state index in [1.807, 2.05) is 25.1 Å². The van der Waals surface area contributed by atoms with Crippen LogP contribution in [0.5, 0.6) is 0 Å². The van der Waals surface area contributed by atoms with Crippen LogP contribution in [0.3, 0.4) is 0 Å². The standard InChI is InChI=1S/C10H13NO/c1-3-4-9-6-5-8(2)10(7-9)11-12/h5-7H,3-4H2,1-2H3. The van der Waals surface area contributed by atoms with Gasteiger partial charge >= 0.3 is 0 Å². The maximum Gasteiger partial charge on any atom is 0.111 e. The summed E-state index contributed by atoms with van der Waals surface area (Å²) in [5, 5.41) is 2.96. The Morgan fingerprint density at radius 3 is 2.75 bits per heavy atom. The molecule has 1 aromatic carbocycles. The molecule has 0 aromatic heterocycles. The zero-order valence-corrected chi connectivity index (χ0v) is 7.50. The van der Waals surface area contributed by atoms with Crippen LogP contribution in [0.25, 0.3) is 0 Å². The lowest BCUT2D eigenvalue weighted by Gasteiger charge is -2.00. The van der Waals surface area contributed by atoms with Crippen LogP contribution in [0.15, 0.2) is 23.4 Å². The van der Waals surface area contributed by atoms with Crippen molar-refractivity contribution in [3.05, 3.63) is 34.2 Å². The molecule has 0 amide bonds. The third kappa shape index (κ3) is 1.91. The molecule has 0 aliphatic carbocycles. The minimum Gasteiger partial charge on any atom is -0.145 e. The van der Waals surface area contributed by atoms with Gasteiger partial charge < -0.3 is 0 Å². The van der Waals surface area contributed by atoms with Gasteiger partial charge in [0.1, 0.15) is 5.69 Å². The van der Waals surface area contributed by atoms with Crippen LogP contribution in [0, 0.1) is 11.8 Å². The summed E-state index contributed by atoms with van der Waals surface area (Å²) < 4.78 is 0. The zero-order chi connectivity index (χ0) is 8.97. The molecule has 0 atom stereocenters. The molecule has 0 N–H and O–H groups in total. The SMILES string of the molecule is CCCc1ccc(C)c(N=O)c1. The van der Waals surface area contributed by atoms with Gasteiger partial charge in [-0.2, -0.15) is 0 Å². The highest BCUT2D eigenvalue weighted by atomic mass is 16.3. The van der Waals surface area contributed by atoms with E-state index in [9.17, 15) is 4.91 Å². The van der Waals surface area contributed by atoms with Crippen LogP contribution in [0.4, 0.5) is 5.69 Å². The first-order chi connectivity index (χ1) is 5.77. The highest BCUT2D eigenvalue weighted by Gasteiger charge is 1.98. The Labute approximate surface area is 72.6 Å².